The molecule has 0 atom stereocenters. The molecule has 8 heteroatoms. The molecule has 2 aliphatic rings. The Balaban J connectivity index is 1.73. The molecule has 1 fully saturated rings. The second-order valence-electron chi connectivity index (χ2n) is 11.0. The lowest BCUT2D eigenvalue weighted by atomic mass is 9.75. The van der Waals surface area contributed by atoms with Crippen LogP contribution in [0.15, 0.2) is 35.0 Å². The lowest BCUT2D eigenvalue weighted by molar-refractivity contribution is -0.382. The van der Waals surface area contributed by atoms with Crippen LogP contribution in [-0.4, -0.2) is 33.9 Å². The van der Waals surface area contributed by atoms with Crippen molar-refractivity contribution in [2.45, 2.75) is 77.3 Å². The van der Waals surface area contributed by atoms with Crippen molar-refractivity contribution in [1.82, 2.24) is 10.3 Å². The van der Waals surface area contributed by atoms with Crippen LogP contribution in [0.25, 0.3) is 11.0 Å². The molecule has 0 aliphatic carbocycles. The number of benzene rings is 2. The first kappa shape index (κ1) is 22.6. The largest absolute Gasteiger partial charge is 0.366 e. The van der Waals surface area contributed by atoms with Gasteiger partial charge in [-0.05, 0) is 66.0 Å². The van der Waals surface area contributed by atoms with Gasteiger partial charge in [0.1, 0.15) is 5.69 Å². The lowest BCUT2D eigenvalue weighted by Gasteiger charge is -2.42. The number of nitro benzene ring substituents is 1. The predicted octanol–water partition coefficient (Wildman–Crippen LogP) is 5.98. The molecular formula is C26H33N5O3. The van der Waals surface area contributed by atoms with Crippen molar-refractivity contribution in [2.75, 3.05) is 22.9 Å². The lowest BCUT2D eigenvalue weighted by Crippen LogP contribution is -2.45. The standard InChI is InChI=1S/C26H33N5O3/c1-25(2)17-26(3,4)30(16-18-11-7-8-12-19(18)25)20-15-21(29-13-9-5-6-10-14-29)24(31(32)33)23-22(20)27-34-28-23/h7-8,11-12,15H,5-6,9-10,13-14,16-17H2,1-4H3. The van der Waals surface area contributed by atoms with Crippen LogP contribution >= 0.6 is 0 Å². The Kier molecular flexibility index (Phi) is 5.49. The van der Waals surface area contributed by atoms with Crippen LogP contribution in [0.1, 0.15) is 70.9 Å². The zero-order valence-electron chi connectivity index (χ0n) is 20.5. The van der Waals surface area contributed by atoms with E-state index in [1.807, 2.05) is 6.07 Å². The maximum atomic E-state index is 12.2. The van der Waals surface area contributed by atoms with Gasteiger partial charge in [-0.1, -0.05) is 51.0 Å². The molecule has 0 unspecified atom stereocenters. The Hall–Kier alpha value is -3.16. The third kappa shape index (κ3) is 3.79. The molecular weight excluding hydrogens is 430 g/mol. The summed E-state index contributed by atoms with van der Waals surface area (Å²) in [5, 5.41) is 20.5. The number of aromatic nitrogens is 2. The molecule has 2 aromatic carbocycles. The summed E-state index contributed by atoms with van der Waals surface area (Å²) in [6, 6.07) is 10.6. The Labute approximate surface area is 200 Å². The van der Waals surface area contributed by atoms with Gasteiger partial charge in [-0.2, -0.15) is 0 Å². The van der Waals surface area contributed by atoms with Gasteiger partial charge in [0.15, 0.2) is 5.52 Å². The van der Waals surface area contributed by atoms with Crippen LogP contribution in [0.4, 0.5) is 17.1 Å². The molecule has 1 saturated heterocycles. The summed E-state index contributed by atoms with van der Waals surface area (Å²) >= 11 is 0. The highest BCUT2D eigenvalue weighted by Crippen LogP contribution is 2.47. The molecule has 5 rings (SSSR count). The zero-order chi connectivity index (χ0) is 24.1. The summed E-state index contributed by atoms with van der Waals surface area (Å²) < 4.78 is 5.11. The third-order valence-corrected chi connectivity index (χ3v) is 7.57. The van der Waals surface area contributed by atoms with Crippen molar-refractivity contribution in [3.8, 4) is 0 Å². The van der Waals surface area contributed by atoms with Crippen molar-refractivity contribution in [3.05, 3.63) is 51.6 Å². The first-order chi connectivity index (χ1) is 16.2. The van der Waals surface area contributed by atoms with E-state index in [4.69, 9.17) is 4.63 Å². The summed E-state index contributed by atoms with van der Waals surface area (Å²) in [6.07, 6.45) is 5.27. The molecule has 0 spiro atoms. The Morgan fingerprint density at radius 2 is 1.65 bits per heavy atom. The maximum Gasteiger partial charge on any atom is 0.323 e. The van der Waals surface area contributed by atoms with Gasteiger partial charge in [-0.3, -0.25) is 10.1 Å². The van der Waals surface area contributed by atoms with E-state index >= 15 is 0 Å². The number of hydrogen-bond acceptors (Lipinski definition) is 7. The quantitative estimate of drug-likeness (QED) is 0.349. The Bertz CT molecular complexity index is 1220. The number of anilines is 2. The van der Waals surface area contributed by atoms with Gasteiger partial charge in [0.2, 0.25) is 5.52 Å². The monoisotopic (exact) mass is 463 g/mol. The van der Waals surface area contributed by atoms with Gasteiger partial charge >= 0.3 is 5.69 Å². The highest BCUT2D eigenvalue weighted by Gasteiger charge is 2.41. The van der Waals surface area contributed by atoms with E-state index in [9.17, 15) is 10.1 Å². The second kappa shape index (κ2) is 8.25. The predicted molar refractivity (Wildman–Crippen MR) is 133 cm³/mol. The van der Waals surface area contributed by atoms with E-state index in [0.717, 1.165) is 50.9 Å². The van der Waals surface area contributed by atoms with Crippen molar-refractivity contribution < 1.29 is 9.55 Å². The van der Waals surface area contributed by atoms with E-state index in [-0.39, 0.29) is 27.1 Å². The van der Waals surface area contributed by atoms with Crippen molar-refractivity contribution in [2.24, 2.45) is 0 Å². The molecule has 1 aromatic heterocycles. The van der Waals surface area contributed by atoms with Gasteiger partial charge in [0, 0.05) is 25.2 Å². The zero-order valence-corrected chi connectivity index (χ0v) is 20.5. The number of hydrogen-bond donors (Lipinski definition) is 0. The summed E-state index contributed by atoms with van der Waals surface area (Å²) in [7, 11) is 0. The van der Waals surface area contributed by atoms with E-state index in [1.54, 1.807) is 0 Å². The molecule has 0 bridgehead atoms. The van der Waals surface area contributed by atoms with Crippen LogP contribution in [0, 0.1) is 10.1 Å². The molecule has 0 radical (unpaired) electrons. The van der Waals surface area contributed by atoms with Crippen molar-refractivity contribution in [3.63, 3.8) is 0 Å². The molecule has 3 heterocycles. The SMILES string of the molecule is CC1(C)CC(C)(C)N(c2cc(N3CCCCCC3)c([N+](=O)[O-])c3nonc23)Cc2ccccc21. The van der Waals surface area contributed by atoms with Crippen LogP contribution < -0.4 is 9.80 Å². The molecule has 0 saturated carbocycles. The molecule has 0 N–H and O–H groups in total. The van der Waals surface area contributed by atoms with Crippen molar-refractivity contribution >= 4 is 28.1 Å². The summed E-state index contributed by atoms with van der Waals surface area (Å²) in [6.45, 7) is 11.4. The van der Waals surface area contributed by atoms with E-state index in [2.05, 4.69) is 72.1 Å². The van der Waals surface area contributed by atoms with Crippen LogP contribution in [-0.2, 0) is 12.0 Å². The highest BCUT2D eigenvalue weighted by atomic mass is 16.6. The number of nitro groups is 1. The fraction of sp³-hybridized carbons (Fsp3) is 0.538. The fourth-order valence-electron chi connectivity index (χ4n) is 6.22. The minimum Gasteiger partial charge on any atom is -0.366 e. The number of fused-ring (bicyclic) bond motifs is 2. The van der Waals surface area contributed by atoms with Gasteiger partial charge in [-0.15, -0.1) is 0 Å². The summed E-state index contributed by atoms with van der Waals surface area (Å²) in [5.74, 6) is 0. The summed E-state index contributed by atoms with van der Waals surface area (Å²) in [4.78, 5) is 16.4. The van der Waals surface area contributed by atoms with Gasteiger partial charge in [0.05, 0.1) is 10.6 Å². The summed E-state index contributed by atoms with van der Waals surface area (Å²) in [5.41, 5.74) is 4.49. The topological polar surface area (TPSA) is 88.5 Å². The minimum atomic E-state index is -0.331. The van der Waals surface area contributed by atoms with Gasteiger partial charge in [0.25, 0.3) is 0 Å². The van der Waals surface area contributed by atoms with Crippen LogP contribution in [0.3, 0.4) is 0 Å². The molecule has 0 amide bonds. The molecule has 8 nitrogen and oxygen atoms in total. The molecule has 2 aliphatic heterocycles. The molecule has 180 valence electrons. The first-order valence-electron chi connectivity index (χ1n) is 12.2. The fourth-order valence-corrected chi connectivity index (χ4v) is 6.22. The van der Waals surface area contributed by atoms with Crippen LogP contribution in [0.5, 0.6) is 0 Å². The number of nitrogens with zero attached hydrogens (tertiary/aromatic N) is 5. The van der Waals surface area contributed by atoms with Crippen molar-refractivity contribution in [1.29, 1.82) is 0 Å². The Morgan fingerprint density at radius 3 is 2.35 bits per heavy atom. The number of rotatable bonds is 3. The minimum absolute atomic E-state index is 0.00439. The average Bonchev–Trinajstić information content (AvgIpc) is 3.06. The Morgan fingerprint density at radius 1 is 0.971 bits per heavy atom. The van der Waals surface area contributed by atoms with E-state index < -0.39 is 0 Å². The van der Waals surface area contributed by atoms with E-state index in [1.165, 1.54) is 11.1 Å². The van der Waals surface area contributed by atoms with Crippen LogP contribution in [0.2, 0.25) is 0 Å². The molecule has 3 aromatic rings. The normalized spacial score (nSPS) is 20.0. The first-order valence-corrected chi connectivity index (χ1v) is 12.2. The van der Waals surface area contributed by atoms with Gasteiger partial charge in [-0.25, -0.2) is 4.63 Å². The smallest absolute Gasteiger partial charge is 0.323 e. The average molecular weight is 464 g/mol. The third-order valence-electron chi connectivity index (χ3n) is 7.57. The van der Waals surface area contributed by atoms with E-state index in [0.29, 0.717) is 17.7 Å². The molecule has 34 heavy (non-hydrogen) atoms. The highest BCUT2D eigenvalue weighted by molar-refractivity contribution is 6.00. The van der Waals surface area contributed by atoms with Gasteiger partial charge < -0.3 is 9.80 Å². The maximum absolute atomic E-state index is 12.2. The second-order valence-corrected chi connectivity index (χ2v) is 11.0.